The topological polar surface area (TPSA) is 0 Å². The van der Waals surface area contributed by atoms with Gasteiger partial charge in [-0.1, -0.05) is 80.5 Å². The number of hydrogen-bond donors (Lipinski definition) is 0. The molecule has 124 valence electrons. The second-order valence-corrected chi connectivity index (χ2v) is 7.07. The van der Waals surface area contributed by atoms with Crippen LogP contribution in [0.4, 0.5) is 0 Å². The first-order valence-corrected chi connectivity index (χ1v) is 9.19. The highest BCUT2D eigenvalue weighted by Gasteiger charge is 2.15. The van der Waals surface area contributed by atoms with E-state index in [2.05, 4.69) is 69.0 Å². The predicted molar refractivity (Wildman–Crippen MR) is 106 cm³/mol. The van der Waals surface area contributed by atoms with E-state index in [0.29, 0.717) is 0 Å². The molecule has 0 aliphatic heterocycles. The van der Waals surface area contributed by atoms with E-state index in [9.17, 15) is 0 Å². The highest BCUT2D eigenvalue weighted by atomic mass is 14.2. The summed E-state index contributed by atoms with van der Waals surface area (Å²) in [6.45, 7) is 8.12. The Kier molecular flexibility index (Phi) is 5.35. The lowest BCUT2D eigenvalue weighted by Gasteiger charge is -2.22. The van der Waals surface area contributed by atoms with Crippen LogP contribution < -0.4 is 0 Å². The molecule has 24 heavy (non-hydrogen) atoms. The van der Waals surface area contributed by atoms with Crippen molar-refractivity contribution >= 4 is 5.57 Å². The monoisotopic (exact) mass is 316 g/mol. The SMILES string of the molecule is C=C/C=C(/C)c1ccc(-c2ccc(C3CCCCC3)cc2)cc1C. The molecule has 1 aliphatic rings. The lowest BCUT2D eigenvalue weighted by Crippen LogP contribution is -2.04. The second-order valence-electron chi connectivity index (χ2n) is 7.07. The second kappa shape index (κ2) is 7.66. The summed E-state index contributed by atoms with van der Waals surface area (Å²) < 4.78 is 0. The van der Waals surface area contributed by atoms with Gasteiger partial charge < -0.3 is 0 Å². The van der Waals surface area contributed by atoms with Crippen LogP contribution in [0.25, 0.3) is 16.7 Å². The van der Waals surface area contributed by atoms with Gasteiger partial charge in [0.2, 0.25) is 0 Å². The summed E-state index contributed by atoms with van der Waals surface area (Å²) in [5.41, 5.74) is 8.03. The Morgan fingerprint density at radius 1 is 0.958 bits per heavy atom. The molecule has 0 saturated heterocycles. The molecule has 0 atom stereocenters. The van der Waals surface area contributed by atoms with Crippen LogP contribution in [0.5, 0.6) is 0 Å². The normalized spacial score (nSPS) is 16.2. The zero-order valence-corrected chi connectivity index (χ0v) is 15.0. The van der Waals surface area contributed by atoms with Crippen LogP contribution in [0.1, 0.15) is 61.6 Å². The van der Waals surface area contributed by atoms with Crippen molar-refractivity contribution in [2.75, 3.05) is 0 Å². The molecule has 1 aliphatic carbocycles. The van der Waals surface area contributed by atoms with Gasteiger partial charge in [-0.2, -0.15) is 0 Å². The van der Waals surface area contributed by atoms with Gasteiger partial charge in [0.1, 0.15) is 0 Å². The van der Waals surface area contributed by atoms with Crippen molar-refractivity contribution in [3.05, 3.63) is 77.9 Å². The third-order valence-corrected chi connectivity index (χ3v) is 5.34. The third-order valence-electron chi connectivity index (χ3n) is 5.34. The average molecular weight is 316 g/mol. The van der Waals surface area contributed by atoms with Crippen LogP contribution in [0.3, 0.4) is 0 Å². The van der Waals surface area contributed by atoms with Crippen molar-refractivity contribution in [1.29, 1.82) is 0 Å². The Bertz CT molecular complexity index is 725. The molecule has 0 nitrogen and oxygen atoms in total. The summed E-state index contributed by atoms with van der Waals surface area (Å²) in [6, 6.07) is 16.0. The van der Waals surface area contributed by atoms with Crippen molar-refractivity contribution in [3.8, 4) is 11.1 Å². The molecule has 0 heterocycles. The van der Waals surface area contributed by atoms with E-state index in [1.165, 1.54) is 65.5 Å². The van der Waals surface area contributed by atoms with Gasteiger partial charge in [-0.15, -0.1) is 0 Å². The van der Waals surface area contributed by atoms with Crippen LogP contribution in [0.2, 0.25) is 0 Å². The van der Waals surface area contributed by atoms with Gasteiger partial charge in [0.15, 0.2) is 0 Å². The smallest absolute Gasteiger partial charge is 0.0162 e. The van der Waals surface area contributed by atoms with Gasteiger partial charge in [0.25, 0.3) is 0 Å². The molecule has 0 spiro atoms. The van der Waals surface area contributed by atoms with E-state index in [1.54, 1.807) is 0 Å². The molecule has 0 aromatic heterocycles. The van der Waals surface area contributed by atoms with Crippen molar-refractivity contribution in [1.82, 2.24) is 0 Å². The fraction of sp³-hybridized carbons (Fsp3) is 0.333. The minimum Gasteiger partial charge on any atom is -0.0991 e. The molecule has 2 aromatic carbocycles. The van der Waals surface area contributed by atoms with Crippen molar-refractivity contribution in [2.45, 2.75) is 51.9 Å². The maximum absolute atomic E-state index is 3.79. The summed E-state index contributed by atoms with van der Waals surface area (Å²) in [5.74, 6) is 0.781. The molecule has 0 bridgehead atoms. The van der Waals surface area contributed by atoms with E-state index in [1.807, 2.05) is 6.08 Å². The summed E-state index contributed by atoms with van der Waals surface area (Å²) in [6.07, 6.45) is 10.9. The molecule has 0 heteroatoms. The van der Waals surface area contributed by atoms with Crippen molar-refractivity contribution in [2.24, 2.45) is 0 Å². The van der Waals surface area contributed by atoms with E-state index in [-0.39, 0.29) is 0 Å². The summed E-state index contributed by atoms with van der Waals surface area (Å²) >= 11 is 0. The Hall–Kier alpha value is -2.08. The fourth-order valence-corrected chi connectivity index (χ4v) is 3.94. The molecule has 1 saturated carbocycles. The Morgan fingerprint density at radius 2 is 1.62 bits per heavy atom. The molecule has 1 fully saturated rings. The third kappa shape index (κ3) is 3.70. The van der Waals surface area contributed by atoms with Crippen LogP contribution in [-0.2, 0) is 0 Å². The van der Waals surface area contributed by atoms with Crippen LogP contribution in [-0.4, -0.2) is 0 Å². The van der Waals surface area contributed by atoms with Crippen LogP contribution in [0, 0.1) is 6.92 Å². The highest BCUT2D eigenvalue weighted by Crippen LogP contribution is 2.34. The van der Waals surface area contributed by atoms with E-state index in [0.717, 1.165) is 5.92 Å². The highest BCUT2D eigenvalue weighted by molar-refractivity contribution is 5.73. The number of aryl methyl sites for hydroxylation is 1. The number of benzene rings is 2. The number of hydrogen-bond acceptors (Lipinski definition) is 0. The van der Waals surface area contributed by atoms with Crippen molar-refractivity contribution < 1.29 is 0 Å². The van der Waals surface area contributed by atoms with Gasteiger partial charge in [-0.3, -0.25) is 0 Å². The van der Waals surface area contributed by atoms with Crippen molar-refractivity contribution in [3.63, 3.8) is 0 Å². The maximum atomic E-state index is 3.79. The van der Waals surface area contributed by atoms with Crippen LogP contribution in [0.15, 0.2) is 61.2 Å². The molecule has 2 aromatic rings. The lowest BCUT2D eigenvalue weighted by atomic mass is 9.83. The van der Waals surface area contributed by atoms with Gasteiger partial charge in [0, 0.05) is 0 Å². The summed E-state index contributed by atoms with van der Waals surface area (Å²) in [4.78, 5) is 0. The molecular formula is C24H28. The summed E-state index contributed by atoms with van der Waals surface area (Å²) in [5, 5.41) is 0. The number of allylic oxidation sites excluding steroid dienone is 3. The van der Waals surface area contributed by atoms with Gasteiger partial charge in [-0.05, 0) is 66.0 Å². The zero-order chi connectivity index (χ0) is 16.9. The van der Waals surface area contributed by atoms with Gasteiger partial charge >= 0.3 is 0 Å². The standard InChI is InChI=1S/C24H28/c1-4-8-18(2)24-16-15-23(17-19(24)3)22-13-11-21(12-14-22)20-9-6-5-7-10-20/h4,8,11-17,20H,1,5-7,9-10H2,2-3H3/b18-8-. The minimum atomic E-state index is 0.781. The quantitative estimate of drug-likeness (QED) is 0.519. The number of rotatable bonds is 4. The zero-order valence-electron chi connectivity index (χ0n) is 15.0. The predicted octanol–water partition coefficient (Wildman–Crippen LogP) is 7.30. The minimum absolute atomic E-state index is 0.781. The summed E-state index contributed by atoms with van der Waals surface area (Å²) in [7, 11) is 0. The first kappa shape index (κ1) is 16.8. The molecule has 0 radical (unpaired) electrons. The fourth-order valence-electron chi connectivity index (χ4n) is 3.94. The molecule has 0 amide bonds. The van der Waals surface area contributed by atoms with E-state index in [4.69, 9.17) is 0 Å². The molecule has 0 unspecified atom stereocenters. The van der Waals surface area contributed by atoms with Crippen LogP contribution >= 0.6 is 0 Å². The maximum Gasteiger partial charge on any atom is -0.0162 e. The molecular weight excluding hydrogens is 288 g/mol. The Labute approximate surface area is 146 Å². The van der Waals surface area contributed by atoms with E-state index < -0.39 is 0 Å². The average Bonchev–Trinajstić information content (AvgIpc) is 2.62. The van der Waals surface area contributed by atoms with E-state index >= 15 is 0 Å². The molecule has 0 N–H and O–H groups in total. The lowest BCUT2D eigenvalue weighted by molar-refractivity contribution is 0.443. The van der Waals surface area contributed by atoms with Gasteiger partial charge in [0.05, 0.1) is 0 Å². The first-order chi connectivity index (χ1) is 11.7. The first-order valence-electron chi connectivity index (χ1n) is 9.19. The largest absolute Gasteiger partial charge is 0.0991 e. The Morgan fingerprint density at radius 3 is 2.25 bits per heavy atom. The Balaban J connectivity index is 1.82. The van der Waals surface area contributed by atoms with Gasteiger partial charge in [-0.25, -0.2) is 0 Å². The molecule has 3 rings (SSSR count).